The van der Waals surface area contributed by atoms with E-state index in [-0.39, 0.29) is 16.0 Å². The number of para-hydroxylation sites is 1. The number of hydrogen-bond acceptors (Lipinski definition) is 4. The molecule has 1 fully saturated rings. The van der Waals surface area contributed by atoms with Crippen LogP contribution < -0.4 is 4.90 Å². The predicted molar refractivity (Wildman–Crippen MR) is 107 cm³/mol. The summed E-state index contributed by atoms with van der Waals surface area (Å²) in [6.07, 6.45) is 1.53. The minimum atomic E-state index is -3.56. The highest BCUT2D eigenvalue weighted by molar-refractivity contribution is 7.89. The highest BCUT2D eigenvalue weighted by atomic mass is 35.5. The van der Waals surface area contributed by atoms with E-state index in [9.17, 15) is 8.42 Å². The van der Waals surface area contributed by atoms with Gasteiger partial charge in [-0.2, -0.15) is 4.31 Å². The van der Waals surface area contributed by atoms with E-state index in [1.54, 1.807) is 28.6 Å². The summed E-state index contributed by atoms with van der Waals surface area (Å²) < 4.78 is 33.2. The first kappa shape index (κ1) is 18.7. The van der Waals surface area contributed by atoms with Gasteiger partial charge in [-0.25, -0.2) is 8.42 Å². The van der Waals surface area contributed by atoms with Crippen molar-refractivity contribution in [3.63, 3.8) is 0 Å². The molecule has 1 saturated heterocycles. The van der Waals surface area contributed by atoms with Gasteiger partial charge in [-0.15, -0.1) is 0 Å². The lowest BCUT2D eigenvalue weighted by Crippen LogP contribution is -2.48. The van der Waals surface area contributed by atoms with Crippen LogP contribution in [0.2, 0.25) is 5.02 Å². The van der Waals surface area contributed by atoms with Gasteiger partial charge in [0.25, 0.3) is 0 Å². The van der Waals surface area contributed by atoms with Crippen LogP contribution in [0.1, 0.15) is 24.0 Å². The molecule has 2 heterocycles. The number of piperidine rings is 1. The lowest BCUT2D eigenvalue weighted by Gasteiger charge is -2.42. The molecule has 2 aromatic carbocycles. The molecule has 2 aromatic rings. The quantitative estimate of drug-likeness (QED) is 0.778. The molecule has 0 saturated carbocycles. The zero-order valence-electron chi connectivity index (χ0n) is 15.3. The number of benzene rings is 2. The Morgan fingerprint density at radius 2 is 1.81 bits per heavy atom. The molecule has 2 aliphatic heterocycles. The number of rotatable bonds is 3. The van der Waals surface area contributed by atoms with Crippen molar-refractivity contribution in [3.05, 3.63) is 58.6 Å². The monoisotopic (exact) mass is 406 g/mol. The van der Waals surface area contributed by atoms with Crippen LogP contribution in [-0.4, -0.2) is 38.6 Å². The van der Waals surface area contributed by atoms with E-state index < -0.39 is 10.0 Å². The molecule has 0 N–H and O–H groups in total. The fourth-order valence-corrected chi connectivity index (χ4v) is 6.00. The van der Waals surface area contributed by atoms with Gasteiger partial charge < -0.3 is 9.64 Å². The molecular weight excluding hydrogens is 384 g/mol. The van der Waals surface area contributed by atoms with Gasteiger partial charge >= 0.3 is 0 Å². The van der Waals surface area contributed by atoms with Gasteiger partial charge in [0.2, 0.25) is 10.0 Å². The van der Waals surface area contributed by atoms with E-state index in [4.69, 9.17) is 16.3 Å². The summed E-state index contributed by atoms with van der Waals surface area (Å²) in [6.45, 7) is 4.27. The van der Waals surface area contributed by atoms with Crippen LogP contribution in [0.5, 0.6) is 0 Å². The number of nitrogens with zero attached hydrogens (tertiary/aromatic N) is 2. The van der Waals surface area contributed by atoms with E-state index in [1.165, 1.54) is 16.8 Å². The zero-order chi connectivity index (χ0) is 19.0. The first-order valence-electron chi connectivity index (χ1n) is 9.16. The smallest absolute Gasteiger partial charge is 0.244 e. The largest absolute Gasteiger partial charge is 0.356 e. The Labute approximate surface area is 165 Å². The summed E-state index contributed by atoms with van der Waals surface area (Å²) in [5, 5.41) is 0.272. The van der Waals surface area contributed by atoms with Crippen LogP contribution in [0.4, 0.5) is 5.69 Å². The molecule has 5 nitrogen and oxygen atoms in total. The average molecular weight is 407 g/mol. The standard InChI is InChI=1S/C20H23ClN2O3S/c1-15-5-4-6-16-13-26-14-23(20(15)16)17-9-11-22(12-10-17)27(24,25)19-8-3-2-7-18(19)21/h2-8,17H,9-14H2,1H3. The van der Waals surface area contributed by atoms with Gasteiger partial charge in [0.15, 0.2) is 0 Å². The Hall–Kier alpha value is -1.60. The molecule has 0 amide bonds. The highest BCUT2D eigenvalue weighted by Crippen LogP contribution is 2.34. The molecule has 0 bridgehead atoms. The number of halogens is 1. The fourth-order valence-electron chi connectivity index (χ4n) is 4.04. The van der Waals surface area contributed by atoms with E-state index in [0.717, 1.165) is 12.8 Å². The Balaban J connectivity index is 1.52. The normalized spacial score (nSPS) is 19.1. The zero-order valence-corrected chi connectivity index (χ0v) is 16.8. The maximum atomic E-state index is 12.9. The van der Waals surface area contributed by atoms with Crippen LogP contribution in [0.25, 0.3) is 0 Å². The van der Waals surface area contributed by atoms with Gasteiger partial charge in [-0.3, -0.25) is 0 Å². The third-order valence-electron chi connectivity index (χ3n) is 5.42. The molecule has 0 unspecified atom stereocenters. The molecule has 7 heteroatoms. The van der Waals surface area contributed by atoms with E-state index in [0.29, 0.717) is 26.4 Å². The molecule has 0 spiro atoms. The number of fused-ring (bicyclic) bond motifs is 1. The van der Waals surface area contributed by atoms with Gasteiger partial charge in [0.05, 0.1) is 11.6 Å². The first-order chi connectivity index (χ1) is 13.0. The predicted octanol–water partition coefficient (Wildman–Crippen LogP) is 3.80. The van der Waals surface area contributed by atoms with Crippen molar-refractivity contribution in [1.82, 2.24) is 4.31 Å². The highest BCUT2D eigenvalue weighted by Gasteiger charge is 2.34. The molecule has 144 valence electrons. The third-order valence-corrected chi connectivity index (χ3v) is 7.81. The van der Waals surface area contributed by atoms with Crippen molar-refractivity contribution >= 4 is 27.3 Å². The van der Waals surface area contributed by atoms with Crippen LogP contribution in [0.3, 0.4) is 0 Å². The van der Waals surface area contributed by atoms with Crippen molar-refractivity contribution in [2.24, 2.45) is 0 Å². The summed E-state index contributed by atoms with van der Waals surface area (Å²) >= 11 is 6.12. The van der Waals surface area contributed by atoms with Gasteiger partial charge in [0, 0.05) is 30.4 Å². The number of anilines is 1. The lowest BCUT2D eigenvalue weighted by atomic mass is 10.00. The van der Waals surface area contributed by atoms with Crippen molar-refractivity contribution in [3.8, 4) is 0 Å². The maximum Gasteiger partial charge on any atom is 0.244 e. The van der Waals surface area contributed by atoms with Crippen LogP contribution in [-0.2, 0) is 21.4 Å². The average Bonchev–Trinajstić information content (AvgIpc) is 2.68. The number of ether oxygens (including phenoxy) is 1. The lowest BCUT2D eigenvalue weighted by molar-refractivity contribution is 0.0986. The van der Waals surface area contributed by atoms with Gasteiger partial charge in [0.1, 0.15) is 11.6 Å². The van der Waals surface area contributed by atoms with Gasteiger partial charge in [-0.1, -0.05) is 41.9 Å². The van der Waals surface area contributed by atoms with Crippen LogP contribution >= 0.6 is 11.6 Å². The number of hydrogen-bond donors (Lipinski definition) is 0. The molecule has 0 aliphatic carbocycles. The van der Waals surface area contributed by atoms with Crippen molar-refractivity contribution in [2.75, 3.05) is 24.7 Å². The summed E-state index contributed by atoms with van der Waals surface area (Å²) in [4.78, 5) is 2.49. The van der Waals surface area contributed by atoms with Crippen molar-refractivity contribution < 1.29 is 13.2 Å². The van der Waals surface area contributed by atoms with Gasteiger partial charge in [-0.05, 0) is 37.5 Å². The first-order valence-corrected chi connectivity index (χ1v) is 11.0. The molecule has 0 atom stereocenters. The summed E-state index contributed by atoms with van der Waals surface area (Å²) in [5.74, 6) is 0. The Morgan fingerprint density at radius 1 is 1.07 bits per heavy atom. The van der Waals surface area contributed by atoms with E-state index >= 15 is 0 Å². The minimum absolute atomic E-state index is 0.188. The molecular formula is C20H23ClN2O3S. The van der Waals surface area contributed by atoms with E-state index in [1.807, 2.05) is 0 Å². The second-order valence-electron chi connectivity index (χ2n) is 7.10. The van der Waals surface area contributed by atoms with Crippen molar-refractivity contribution in [1.29, 1.82) is 0 Å². The SMILES string of the molecule is Cc1cccc2c1N(C1CCN(S(=O)(=O)c3ccccc3Cl)CC1)COC2. The minimum Gasteiger partial charge on any atom is -0.356 e. The molecule has 4 rings (SSSR count). The third kappa shape index (κ3) is 3.47. The second-order valence-corrected chi connectivity index (χ2v) is 9.41. The fraction of sp³-hybridized carbons (Fsp3) is 0.400. The topological polar surface area (TPSA) is 49.9 Å². The second kappa shape index (κ2) is 7.43. The maximum absolute atomic E-state index is 12.9. The van der Waals surface area contributed by atoms with Crippen LogP contribution in [0.15, 0.2) is 47.4 Å². The Kier molecular flexibility index (Phi) is 5.16. The van der Waals surface area contributed by atoms with Crippen LogP contribution in [0, 0.1) is 6.92 Å². The molecule has 0 aromatic heterocycles. The molecule has 2 aliphatic rings. The Bertz CT molecular complexity index is 940. The Morgan fingerprint density at radius 3 is 2.56 bits per heavy atom. The number of sulfonamides is 1. The van der Waals surface area contributed by atoms with E-state index in [2.05, 4.69) is 30.0 Å². The van der Waals surface area contributed by atoms with Crippen molar-refractivity contribution in [2.45, 2.75) is 37.3 Å². The summed E-state index contributed by atoms with van der Waals surface area (Å²) in [6, 6.07) is 13.2. The number of aryl methyl sites for hydroxylation is 1. The molecule has 27 heavy (non-hydrogen) atoms. The molecule has 0 radical (unpaired) electrons. The summed E-state index contributed by atoms with van der Waals surface area (Å²) in [5.41, 5.74) is 3.69. The summed E-state index contributed by atoms with van der Waals surface area (Å²) in [7, 11) is -3.56.